The van der Waals surface area contributed by atoms with E-state index in [1.54, 1.807) is 12.3 Å². The SMILES string of the molecule is Cc1c(CCCc2cccnc2)cccc1C(=O)O. The van der Waals surface area contributed by atoms with Gasteiger partial charge in [-0.05, 0) is 55.0 Å². The summed E-state index contributed by atoms with van der Waals surface area (Å²) in [4.78, 5) is 15.1. The van der Waals surface area contributed by atoms with Gasteiger partial charge in [0.05, 0.1) is 5.56 Å². The largest absolute Gasteiger partial charge is 0.478 e. The Hall–Kier alpha value is -2.16. The minimum atomic E-state index is -0.855. The summed E-state index contributed by atoms with van der Waals surface area (Å²) in [5.74, 6) is -0.855. The lowest BCUT2D eigenvalue weighted by Crippen LogP contribution is -2.03. The summed E-state index contributed by atoms with van der Waals surface area (Å²) in [6.07, 6.45) is 6.49. The molecular formula is C16H17NO2. The van der Waals surface area contributed by atoms with Crippen LogP contribution in [-0.4, -0.2) is 16.1 Å². The van der Waals surface area contributed by atoms with E-state index in [0.717, 1.165) is 30.4 Å². The van der Waals surface area contributed by atoms with Crippen molar-refractivity contribution in [1.82, 2.24) is 4.98 Å². The number of hydrogen-bond acceptors (Lipinski definition) is 2. The highest BCUT2D eigenvalue weighted by molar-refractivity contribution is 5.89. The Balaban J connectivity index is 2.00. The zero-order valence-corrected chi connectivity index (χ0v) is 11.0. The van der Waals surface area contributed by atoms with E-state index >= 15 is 0 Å². The maximum Gasteiger partial charge on any atom is 0.335 e. The van der Waals surface area contributed by atoms with Crippen LogP contribution < -0.4 is 0 Å². The molecule has 0 atom stereocenters. The van der Waals surface area contributed by atoms with Gasteiger partial charge in [-0.2, -0.15) is 0 Å². The van der Waals surface area contributed by atoms with Crippen LogP contribution in [0.4, 0.5) is 0 Å². The van der Waals surface area contributed by atoms with E-state index in [1.807, 2.05) is 31.3 Å². The predicted octanol–water partition coefficient (Wildman–Crippen LogP) is 3.26. The first kappa shape index (κ1) is 13.3. The molecule has 0 bridgehead atoms. The predicted molar refractivity (Wildman–Crippen MR) is 74.4 cm³/mol. The lowest BCUT2D eigenvalue weighted by Gasteiger charge is -2.08. The number of aryl methyl sites for hydroxylation is 2. The van der Waals surface area contributed by atoms with Crippen LogP contribution in [0.2, 0.25) is 0 Å². The number of nitrogens with zero attached hydrogens (tertiary/aromatic N) is 1. The molecule has 2 rings (SSSR count). The van der Waals surface area contributed by atoms with E-state index in [0.29, 0.717) is 5.56 Å². The molecule has 0 spiro atoms. The molecular weight excluding hydrogens is 238 g/mol. The van der Waals surface area contributed by atoms with Crippen molar-refractivity contribution in [2.45, 2.75) is 26.2 Å². The van der Waals surface area contributed by atoms with Gasteiger partial charge in [-0.15, -0.1) is 0 Å². The van der Waals surface area contributed by atoms with Gasteiger partial charge in [0.15, 0.2) is 0 Å². The lowest BCUT2D eigenvalue weighted by atomic mass is 9.97. The number of rotatable bonds is 5. The lowest BCUT2D eigenvalue weighted by molar-refractivity contribution is 0.0696. The molecule has 0 aliphatic carbocycles. The molecule has 0 saturated carbocycles. The zero-order valence-electron chi connectivity index (χ0n) is 11.0. The summed E-state index contributed by atoms with van der Waals surface area (Å²) in [7, 11) is 0. The van der Waals surface area contributed by atoms with Gasteiger partial charge in [-0.1, -0.05) is 18.2 Å². The maximum absolute atomic E-state index is 11.1. The molecule has 0 amide bonds. The Bertz CT molecular complexity index is 564. The quantitative estimate of drug-likeness (QED) is 0.892. The van der Waals surface area contributed by atoms with Gasteiger partial charge in [0.25, 0.3) is 0 Å². The highest BCUT2D eigenvalue weighted by Crippen LogP contribution is 2.16. The summed E-state index contributed by atoms with van der Waals surface area (Å²) < 4.78 is 0. The van der Waals surface area contributed by atoms with E-state index in [9.17, 15) is 4.79 Å². The third kappa shape index (κ3) is 3.41. The van der Waals surface area contributed by atoms with Crippen molar-refractivity contribution in [3.05, 3.63) is 65.0 Å². The van der Waals surface area contributed by atoms with Crippen LogP contribution >= 0.6 is 0 Å². The summed E-state index contributed by atoms with van der Waals surface area (Å²) in [6.45, 7) is 1.88. The molecule has 0 saturated heterocycles. The van der Waals surface area contributed by atoms with Gasteiger partial charge >= 0.3 is 5.97 Å². The molecule has 1 aromatic heterocycles. The first-order chi connectivity index (χ1) is 9.18. The number of carboxylic acids is 1. The summed E-state index contributed by atoms with van der Waals surface area (Å²) in [5, 5.41) is 9.09. The standard InChI is InChI=1S/C16H17NO2/c1-12-14(8-3-9-15(12)16(18)19)7-2-5-13-6-4-10-17-11-13/h3-4,6,8-11H,2,5,7H2,1H3,(H,18,19). The Morgan fingerprint density at radius 3 is 2.74 bits per heavy atom. The van der Waals surface area contributed by atoms with Crippen molar-refractivity contribution in [2.75, 3.05) is 0 Å². The molecule has 0 aliphatic rings. The number of carbonyl (C=O) groups is 1. The van der Waals surface area contributed by atoms with Gasteiger partial charge in [0.2, 0.25) is 0 Å². The second kappa shape index (κ2) is 6.14. The van der Waals surface area contributed by atoms with Gasteiger partial charge in [0, 0.05) is 12.4 Å². The van der Waals surface area contributed by atoms with E-state index in [4.69, 9.17) is 5.11 Å². The van der Waals surface area contributed by atoms with Crippen LogP contribution in [0.15, 0.2) is 42.7 Å². The molecule has 1 aromatic carbocycles. The normalized spacial score (nSPS) is 10.4. The zero-order chi connectivity index (χ0) is 13.7. The fourth-order valence-corrected chi connectivity index (χ4v) is 2.21. The van der Waals surface area contributed by atoms with E-state index in [1.165, 1.54) is 5.56 Å². The minimum Gasteiger partial charge on any atom is -0.478 e. The number of aromatic carboxylic acids is 1. The monoisotopic (exact) mass is 255 g/mol. The molecule has 0 fully saturated rings. The average Bonchev–Trinajstić information content (AvgIpc) is 2.41. The van der Waals surface area contributed by atoms with Crippen LogP contribution in [0.25, 0.3) is 0 Å². The highest BCUT2D eigenvalue weighted by atomic mass is 16.4. The van der Waals surface area contributed by atoms with Crippen LogP contribution in [0, 0.1) is 6.92 Å². The van der Waals surface area contributed by atoms with Crippen molar-refractivity contribution in [3.8, 4) is 0 Å². The summed E-state index contributed by atoms with van der Waals surface area (Å²) in [6, 6.07) is 9.47. The Morgan fingerprint density at radius 2 is 2.05 bits per heavy atom. The van der Waals surface area contributed by atoms with Gasteiger partial charge < -0.3 is 5.11 Å². The molecule has 0 aliphatic heterocycles. The van der Waals surface area contributed by atoms with Crippen molar-refractivity contribution in [1.29, 1.82) is 0 Å². The third-order valence-corrected chi connectivity index (χ3v) is 3.31. The van der Waals surface area contributed by atoms with Crippen molar-refractivity contribution >= 4 is 5.97 Å². The minimum absolute atomic E-state index is 0.402. The molecule has 0 radical (unpaired) electrons. The van der Waals surface area contributed by atoms with Crippen molar-refractivity contribution in [3.63, 3.8) is 0 Å². The number of aromatic nitrogens is 1. The van der Waals surface area contributed by atoms with Crippen molar-refractivity contribution in [2.24, 2.45) is 0 Å². The number of pyridine rings is 1. The van der Waals surface area contributed by atoms with Gasteiger partial charge in [-0.3, -0.25) is 4.98 Å². The van der Waals surface area contributed by atoms with Crippen LogP contribution in [0.3, 0.4) is 0 Å². The first-order valence-electron chi connectivity index (χ1n) is 6.39. The van der Waals surface area contributed by atoms with E-state index in [-0.39, 0.29) is 0 Å². The molecule has 2 aromatic rings. The number of hydrogen-bond donors (Lipinski definition) is 1. The second-order valence-corrected chi connectivity index (χ2v) is 4.61. The number of carboxylic acid groups (broad SMARTS) is 1. The Labute approximate surface area is 112 Å². The van der Waals surface area contributed by atoms with Crippen molar-refractivity contribution < 1.29 is 9.90 Å². The van der Waals surface area contributed by atoms with Crippen LogP contribution in [0.1, 0.15) is 33.5 Å². The maximum atomic E-state index is 11.1. The molecule has 3 nitrogen and oxygen atoms in total. The third-order valence-electron chi connectivity index (χ3n) is 3.31. The van der Waals surface area contributed by atoms with Crippen LogP contribution in [0.5, 0.6) is 0 Å². The second-order valence-electron chi connectivity index (χ2n) is 4.61. The van der Waals surface area contributed by atoms with Gasteiger partial charge in [-0.25, -0.2) is 4.79 Å². The fraction of sp³-hybridized carbons (Fsp3) is 0.250. The fourth-order valence-electron chi connectivity index (χ4n) is 2.21. The van der Waals surface area contributed by atoms with Gasteiger partial charge in [0.1, 0.15) is 0 Å². The summed E-state index contributed by atoms with van der Waals surface area (Å²) in [5.41, 5.74) is 3.61. The van der Waals surface area contributed by atoms with Crippen LogP contribution in [-0.2, 0) is 12.8 Å². The molecule has 3 heteroatoms. The van der Waals surface area contributed by atoms with E-state index < -0.39 is 5.97 Å². The topological polar surface area (TPSA) is 50.2 Å². The smallest absolute Gasteiger partial charge is 0.335 e. The Kier molecular flexibility index (Phi) is 4.29. The highest BCUT2D eigenvalue weighted by Gasteiger charge is 2.09. The molecule has 0 unspecified atom stereocenters. The molecule has 98 valence electrons. The summed E-state index contributed by atoms with van der Waals surface area (Å²) >= 11 is 0. The van der Waals surface area contributed by atoms with E-state index in [2.05, 4.69) is 11.1 Å². The molecule has 1 heterocycles. The molecule has 1 N–H and O–H groups in total. The Morgan fingerprint density at radius 1 is 1.21 bits per heavy atom. The number of benzene rings is 1. The first-order valence-corrected chi connectivity index (χ1v) is 6.39. The average molecular weight is 255 g/mol. The molecule has 19 heavy (non-hydrogen) atoms.